The summed E-state index contributed by atoms with van der Waals surface area (Å²) in [4.78, 5) is 11.3. The standard InChI is InChI=1S/C27H27ClN4O4S/c1-4-35-25-15-21(10-13-24(25)36-17-20-8-11-22(28)12-9-20)26(16-31(33)34)37-27-30-29-19(3)32(27)23-7-5-6-18(2)14-23/h5-15,26H,4,16-17H2,1-3H3/t26-/m0/s1. The van der Waals surface area contributed by atoms with Gasteiger partial charge in [-0.05, 0) is 73.9 Å². The van der Waals surface area contributed by atoms with E-state index in [1.165, 1.54) is 11.8 Å². The van der Waals surface area contributed by atoms with E-state index in [4.69, 9.17) is 21.1 Å². The van der Waals surface area contributed by atoms with Crippen LogP contribution in [0.4, 0.5) is 0 Å². The Balaban J connectivity index is 1.62. The van der Waals surface area contributed by atoms with Crippen LogP contribution in [0, 0.1) is 24.0 Å². The van der Waals surface area contributed by atoms with Crippen LogP contribution in [0.1, 0.15) is 34.7 Å². The highest BCUT2D eigenvalue weighted by Crippen LogP contribution is 2.39. The molecule has 0 saturated heterocycles. The molecule has 0 radical (unpaired) electrons. The lowest BCUT2D eigenvalue weighted by Crippen LogP contribution is -2.12. The highest BCUT2D eigenvalue weighted by molar-refractivity contribution is 7.99. The number of hydrogen-bond donors (Lipinski definition) is 0. The molecule has 4 aromatic rings. The van der Waals surface area contributed by atoms with E-state index in [2.05, 4.69) is 10.2 Å². The largest absolute Gasteiger partial charge is 0.490 e. The lowest BCUT2D eigenvalue weighted by atomic mass is 10.1. The van der Waals surface area contributed by atoms with Gasteiger partial charge in [0.05, 0.1) is 6.61 Å². The van der Waals surface area contributed by atoms with Crippen molar-refractivity contribution in [2.45, 2.75) is 37.8 Å². The Bertz CT molecular complexity index is 1380. The highest BCUT2D eigenvalue weighted by Gasteiger charge is 2.25. The molecule has 1 atom stereocenters. The Labute approximate surface area is 224 Å². The topological polar surface area (TPSA) is 92.3 Å². The number of aryl methyl sites for hydroxylation is 2. The third kappa shape index (κ3) is 6.81. The zero-order chi connectivity index (χ0) is 26.4. The lowest BCUT2D eigenvalue weighted by molar-refractivity contribution is -0.479. The second-order valence-corrected chi connectivity index (χ2v) is 9.99. The summed E-state index contributed by atoms with van der Waals surface area (Å²) in [6.45, 7) is 6.23. The summed E-state index contributed by atoms with van der Waals surface area (Å²) in [7, 11) is 0. The number of thioether (sulfide) groups is 1. The molecular weight excluding hydrogens is 512 g/mol. The van der Waals surface area contributed by atoms with Crippen molar-refractivity contribution in [2.75, 3.05) is 13.2 Å². The molecule has 0 N–H and O–H groups in total. The van der Waals surface area contributed by atoms with Crippen LogP contribution in [0.25, 0.3) is 5.69 Å². The fraction of sp³-hybridized carbons (Fsp3) is 0.259. The Hall–Kier alpha value is -3.56. The summed E-state index contributed by atoms with van der Waals surface area (Å²) >= 11 is 7.27. The number of nitro groups is 1. The Kier molecular flexibility index (Phi) is 8.68. The molecule has 0 amide bonds. The van der Waals surface area contributed by atoms with Gasteiger partial charge in [-0.25, -0.2) is 0 Å². The quantitative estimate of drug-likeness (QED) is 0.120. The maximum atomic E-state index is 11.6. The van der Waals surface area contributed by atoms with Gasteiger partial charge in [-0.2, -0.15) is 0 Å². The fourth-order valence-electron chi connectivity index (χ4n) is 3.81. The molecule has 0 aliphatic heterocycles. The lowest BCUT2D eigenvalue weighted by Gasteiger charge is -2.17. The molecule has 0 spiro atoms. The van der Waals surface area contributed by atoms with Crippen molar-refractivity contribution < 1.29 is 14.4 Å². The Morgan fingerprint density at radius 3 is 2.51 bits per heavy atom. The average Bonchev–Trinajstić information content (AvgIpc) is 3.23. The van der Waals surface area contributed by atoms with Crippen molar-refractivity contribution >= 4 is 23.4 Å². The van der Waals surface area contributed by atoms with Crippen LogP contribution in [0.15, 0.2) is 71.9 Å². The van der Waals surface area contributed by atoms with E-state index in [1.54, 1.807) is 6.07 Å². The molecule has 4 rings (SSSR count). The molecule has 0 bridgehead atoms. The van der Waals surface area contributed by atoms with Gasteiger partial charge in [0.15, 0.2) is 16.7 Å². The van der Waals surface area contributed by atoms with E-state index in [0.29, 0.717) is 40.7 Å². The second-order valence-electron chi connectivity index (χ2n) is 8.38. The van der Waals surface area contributed by atoms with Crippen molar-refractivity contribution in [1.82, 2.24) is 14.8 Å². The molecule has 0 aliphatic carbocycles. The molecule has 0 fully saturated rings. The minimum absolute atomic E-state index is 0.291. The predicted molar refractivity (Wildman–Crippen MR) is 145 cm³/mol. The minimum Gasteiger partial charge on any atom is -0.490 e. The van der Waals surface area contributed by atoms with E-state index in [-0.39, 0.29) is 11.5 Å². The molecule has 8 nitrogen and oxygen atoms in total. The fourth-order valence-corrected chi connectivity index (χ4v) is 5.10. The summed E-state index contributed by atoms with van der Waals surface area (Å²) in [5.74, 6) is 1.79. The number of hydrogen-bond acceptors (Lipinski definition) is 7. The number of benzene rings is 3. The first-order valence-electron chi connectivity index (χ1n) is 11.8. The van der Waals surface area contributed by atoms with Crippen molar-refractivity contribution in [1.29, 1.82) is 0 Å². The van der Waals surface area contributed by atoms with Gasteiger partial charge in [0.2, 0.25) is 6.54 Å². The first kappa shape index (κ1) is 26.5. The van der Waals surface area contributed by atoms with Crippen molar-refractivity contribution in [3.8, 4) is 17.2 Å². The normalized spacial score (nSPS) is 11.8. The van der Waals surface area contributed by atoms with Gasteiger partial charge >= 0.3 is 0 Å². The van der Waals surface area contributed by atoms with Gasteiger partial charge in [0.1, 0.15) is 17.7 Å². The molecule has 0 saturated carbocycles. The van der Waals surface area contributed by atoms with E-state index in [9.17, 15) is 10.1 Å². The van der Waals surface area contributed by atoms with Gasteiger partial charge in [-0.15, -0.1) is 10.2 Å². The van der Waals surface area contributed by atoms with E-state index in [1.807, 2.05) is 86.0 Å². The van der Waals surface area contributed by atoms with Crippen LogP contribution in [-0.4, -0.2) is 32.8 Å². The summed E-state index contributed by atoms with van der Waals surface area (Å²) in [6.07, 6.45) is 0. The SMILES string of the molecule is CCOc1cc([C@H](C[N+](=O)[O-])Sc2nnc(C)n2-c2cccc(C)c2)ccc1OCc1ccc(Cl)cc1. The van der Waals surface area contributed by atoms with Crippen LogP contribution >= 0.6 is 23.4 Å². The van der Waals surface area contributed by atoms with Crippen LogP contribution < -0.4 is 9.47 Å². The van der Waals surface area contributed by atoms with Crippen molar-refractivity contribution in [3.63, 3.8) is 0 Å². The molecule has 37 heavy (non-hydrogen) atoms. The summed E-state index contributed by atoms with van der Waals surface area (Å²) in [5, 5.41) is 20.9. The third-order valence-corrected chi connectivity index (χ3v) is 7.00. The average molecular weight is 539 g/mol. The molecule has 0 aliphatic rings. The first-order valence-corrected chi connectivity index (χ1v) is 13.0. The summed E-state index contributed by atoms with van der Waals surface area (Å²) in [5.41, 5.74) is 3.70. The van der Waals surface area contributed by atoms with Gasteiger partial charge in [-0.3, -0.25) is 14.7 Å². The van der Waals surface area contributed by atoms with E-state index >= 15 is 0 Å². The zero-order valence-electron chi connectivity index (χ0n) is 20.8. The molecular formula is C27H27ClN4O4S. The number of aromatic nitrogens is 3. The van der Waals surface area contributed by atoms with Crippen LogP contribution in [0.2, 0.25) is 5.02 Å². The first-order chi connectivity index (χ1) is 17.8. The molecule has 0 unspecified atom stereocenters. The molecule has 1 aromatic heterocycles. The summed E-state index contributed by atoms with van der Waals surface area (Å²) < 4.78 is 13.8. The van der Waals surface area contributed by atoms with Gasteiger partial charge in [0, 0.05) is 15.6 Å². The smallest absolute Gasteiger partial charge is 0.220 e. The minimum atomic E-state index is -0.522. The monoisotopic (exact) mass is 538 g/mol. The highest BCUT2D eigenvalue weighted by atomic mass is 35.5. The molecule has 3 aromatic carbocycles. The Morgan fingerprint density at radius 1 is 1.03 bits per heavy atom. The maximum Gasteiger partial charge on any atom is 0.220 e. The number of nitrogens with zero attached hydrogens (tertiary/aromatic N) is 4. The molecule has 1 heterocycles. The van der Waals surface area contributed by atoms with Gasteiger partial charge < -0.3 is 9.47 Å². The van der Waals surface area contributed by atoms with Crippen molar-refractivity contribution in [3.05, 3.63) is 104 Å². The van der Waals surface area contributed by atoms with Crippen molar-refractivity contribution in [2.24, 2.45) is 0 Å². The van der Waals surface area contributed by atoms with Crippen LogP contribution in [0.5, 0.6) is 11.5 Å². The second kappa shape index (κ2) is 12.1. The maximum absolute atomic E-state index is 11.6. The zero-order valence-corrected chi connectivity index (χ0v) is 22.3. The van der Waals surface area contributed by atoms with E-state index < -0.39 is 5.25 Å². The van der Waals surface area contributed by atoms with Gasteiger partial charge in [0.25, 0.3) is 0 Å². The van der Waals surface area contributed by atoms with E-state index in [0.717, 1.165) is 22.4 Å². The van der Waals surface area contributed by atoms with Crippen LogP contribution in [-0.2, 0) is 6.61 Å². The summed E-state index contributed by atoms with van der Waals surface area (Å²) in [6, 6.07) is 20.8. The Morgan fingerprint density at radius 2 is 1.81 bits per heavy atom. The molecule has 192 valence electrons. The molecule has 10 heteroatoms. The van der Waals surface area contributed by atoms with Gasteiger partial charge in [-0.1, -0.05) is 53.7 Å². The van der Waals surface area contributed by atoms with Crippen LogP contribution in [0.3, 0.4) is 0 Å². The number of ether oxygens (including phenoxy) is 2. The number of halogens is 1. The third-order valence-electron chi connectivity index (χ3n) is 5.56. The predicted octanol–water partition coefficient (Wildman–Crippen LogP) is 6.63. The number of rotatable bonds is 11.